The number of fused-ring (bicyclic) bond motifs is 6. The number of anilines is 1. The van der Waals surface area contributed by atoms with Gasteiger partial charge in [-0.05, 0) is 55.7 Å². The van der Waals surface area contributed by atoms with E-state index in [4.69, 9.17) is 14.5 Å². The Balaban J connectivity index is 1.26. The van der Waals surface area contributed by atoms with E-state index in [1.165, 1.54) is 39.0 Å². The van der Waals surface area contributed by atoms with Crippen LogP contribution in [0.25, 0.3) is 11.3 Å². The summed E-state index contributed by atoms with van der Waals surface area (Å²) in [6.07, 6.45) is -0.513. The molecule has 0 radical (unpaired) electrons. The summed E-state index contributed by atoms with van der Waals surface area (Å²) in [6, 6.07) is -3.05. The van der Waals surface area contributed by atoms with Gasteiger partial charge in [-0.15, -0.1) is 11.3 Å². The fourth-order valence-corrected chi connectivity index (χ4v) is 10.9. The van der Waals surface area contributed by atoms with Crippen LogP contribution in [-0.4, -0.2) is 135 Å². The number of carbonyl (C=O) groups excluding carboxylic acids is 5. The van der Waals surface area contributed by atoms with Crippen LogP contribution in [0, 0.1) is 17.3 Å². The number of nitrogens with one attached hydrogen (secondary N) is 2. The summed E-state index contributed by atoms with van der Waals surface area (Å²) in [4.78, 5) is 78.9. The van der Waals surface area contributed by atoms with Gasteiger partial charge < -0.3 is 34.1 Å². The number of methoxy groups -OCH3 is 1. The molecule has 6 bridgehead atoms. The highest BCUT2D eigenvalue weighted by molar-refractivity contribution is 7.10. The Hall–Kier alpha value is -5.28. The number of halogens is 3. The zero-order valence-electron chi connectivity index (χ0n) is 39.6. The van der Waals surface area contributed by atoms with E-state index in [0.29, 0.717) is 71.4 Å². The van der Waals surface area contributed by atoms with Crippen LogP contribution in [0.3, 0.4) is 0 Å². The number of carbonyl (C=O) groups is 5. The molecule has 3 aromatic rings. The molecule has 7 rings (SSSR count). The first kappa shape index (κ1) is 49.6. The van der Waals surface area contributed by atoms with Crippen molar-refractivity contribution in [3.63, 3.8) is 0 Å². The highest BCUT2D eigenvalue weighted by atomic mass is 32.1. The Kier molecular flexibility index (Phi) is 14.6. The second-order valence-electron chi connectivity index (χ2n) is 19.3. The van der Waals surface area contributed by atoms with Crippen LogP contribution in [0.1, 0.15) is 87.5 Å². The molecule has 4 amide bonds. The number of likely N-dealkylation sites (tertiary alicyclic amines) is 1. The van der Waals surface area contributed by atoms with Gasteiger partial charge in [0, 0.05) is 88.8 Å². The molecule has 5 atom stereocenters. The van der Waals surface area contributed by atoms with Crippen LogP contribution in [0.4, 0.5) is 19.0 Å². The molecular formula is C46H63F3N10O7S. The Morgan fingerprint density at radius 1 is 1.15 bits per heavy atom. The molecule has 2 saturated heterocycles. The molecule has 366 valence electrons. The molecule has 0 spiro atoms. The van der Waals surface area contributed by atoms with Crippen molar-refractivity contribution < 1.29 is 46.6 Å². The number of hydrogen-bond donors (Lipinski definition) is 2. The van der Waals surface area contributed by atoms with E-state index in [-0.39, 0.29) is 63.2 Å². The zero-order valence-corrected chi connectivity index (χ0v) is 40.4. The third-order valence-corrected chi connectivity index (χ3v) is 14.3. The second-order valence-corrected chi connectivity index (χ2v) is 20.3. The van der Waals surface area contributed by atoms with Crippen molar-refractivity contribution in [1.82, 2.24) is 44.9 Å². The number of cyclic esters (lactones) is 1. The van der Waals surface area contributed by atoms with Gasteiger partial charge in [0.1, 0.15) is 30.5 Å². The fourth-order valence-electron chi connectivity index (χ4n) is 10.0. The van der Waals surface area contributed by atoms with Crippen LogP contribution in [-0.2, 0) is 72.8 Å². The third kappa shape index (κ3) is 10.6. The normalized spacial score (nSPS) is 22.2. The van der Waals surface area contributed by atoms with Crippen LogP contribution < -0.4 is 15.6 Å². The number of rotatable bonds is 10. The van der Waals surface area contributed by atoms with E-state index in [1.807, 2.05) is 44.9 Å². The fraction of sp³-hybridized carbons (Fsp3) is 0.630. The number of aromatic nitrogens is 4. The maximum atomic E-state index is 14.7. The van der Waals surface area contributed by atoms with Gasteiger partial charge in [-0.2, -0.15) is 18.3 Å². The topological polar surface area (TPSA) is 176 Å². The predicted molar refractivity (Wildman–Crippen MR) is 243 cm³/mol. The number of thiazole rings is 1. The summed E-state index contributed by atoms with van der Waals surface area (Å²) < 4.78 is 58.7. The van der Waals surface area contributed by atoms with Crippen molar-refractivity contribution in [1.29, 1.82) is 0 Å². The van der Waals surface area contributed by atoms with Gasteiger partial charge in [-0.1, -0.05) is 34.3 Å². The van der Waals surface area contributed by atoms with Gasteiger partial charge in [0.05, 0.1) is 41.2 Å². The summed E-state index contributed by atoms with van der Waals surface area (Å²) in [5, 5.41) is 11.1. The van der Waals surface area contributed by atoms with E-state index < -0.39 is 66.1 Å². The number of esters is 1. The lowest BCUT2D eigenvalue weighted by atomic mass is 9.83. The largest absolute Gasteiger partial charge is 0.464 e. The Labute approximate surface area is 392 Å². The average molecular weight is 957 g/mol. The van der Waals surface area contributed by atoms with Gasteiger partial charge in [0.2, 0.25) is 17.7 Å². The number of ether oxygens (including phenoxy) is 2. The molecule has 2 fully saturated rings. The van der Waals surface area contributed by atoms with Crippen LogP contribution in [0.15, 0.2) is 24.2 Å². The maximum Gasteiger partial charge on any atom is 0.406 e. The lowest BCUT2D eigenvalue weighted by Crippen LogP contribution is -2.62. The SMILES string of the molecule is C=CC(=O)N1CC[C@H](C(=O)N(C)[C@H](C(=O)N[C@H]2Cc3nc(cs3)N3CCc4c(c(c(-c5cnn(C)c5[C@H](C)OC)n4CC(F)(F)F)CC(C)(C)COC(=O)[C@@H]4CCCN(N4)C2=O)C3)C(C)C)C1. The molecule has 2 N–H and O–H groups in total. The quantitative estimate of drug-likeness (QED) is 0.219. The minimum Gasteiger partial charge on any atom is -0.464 e. The highest BCUT2D eigenvalue weighted by Gasteiger charge is 2.42. The molecule has 0 aromatic carbocycles. The second kappa shape index (κ2) is 19.7. The molecular weight excluding hydrogens is 894 g/mol. The molecule has 7 heterocycles. The molecule has 4 aliphatic rings. The Morgan fingerprint density at radius 3 is 2.58 bits per heavy atom. The standard InChI is InChI=1S/C46H63F3N10O7S/c1-10-37(60)57-16-13-28(21-57)42(62)54(7)38(26(2)3)41(61)51-33-18-36-52-35(23-67-36)56-17-14-34-31(22-56)29(19-45(5,6)25-66-44(64)32-12-11-15-59(53-32)43(33)63)40(58(34)24-46(47,48)49)30-20-50-55(8)39(30)27(4)65-9/h10,20,23,26-28,32-33,38,53H,1,11-19,21-22,24-25H2,2-9H3,(H,51,61)/t27-,28-,32-,33-,38-/m0/s1. The smallest absolute Gasteiger partial charge is 0.406 e. The van der Waals surface area contributed by atoms with Gasteiger partial charge >= 0.3 is 12.1 Å². The van der Waals surface area contributed by atoms with Crippen molar-refractivity contribution >= 4 is 46.8 Å². The number of hydrogen-bond acceptors (Lipinski definition) is 12. The van der Waals surface area contributed by atoms with E-state index >= 15 is 0 Å². The average Bonchev–Trinajstić information content (AvgIpc) is 4.10. The maximum absolute atomic E-state index is 14.7. The number of hydrazine groups is 1. The van der Waals surface area contributed by atoms with Crippen molar-refractivity contribution in [2.24, 2.45) is 24.3 Å². The lowest BCUT2D eigenvalue weighted by molar-refractivity contribution is -0.155. The van der Waals surface area contributed by atoms with Crippen molar-refractivity contribution in [2.45, 2.75) is 117 Å². The minimum atomic E-state index is -4.55. The van der Waals surface area contributed by atoms with Crippen LogP contribution >= 0.6 is 11.3 Å². The van der Waals surface area contributed by atoms with Gasteiger partial charge in [0.25, 0.3) is 5.91 Å². The van der Waals surface area contributed by atoms with Crippen molar-refractivity contribution in [3.8, 4) is 11.3 Å². The molecule has 0 unspecified atom stereocenters. The summed E-state index contributed by atoms with van der Waals surface area (Å²) in [7, 11) is 4.83. The van der Waals surface area contributed by atoms with Gasteiger partial charge in [-0.3, -0.25) is 33.7 Å². The minimum absolute atomic E-state index is 0.0294. The molecule has 3 aromatic heterocycles. The summed E-state index contributed by atoms with van der Waals surface area (Å²) >= 11 is 1.29. The van der Waals surface area contributed by atoms with Crippen molar-refractivity contribution in [2.75, 3.05) is 51.8 Å². The summed E-state index contributed by atoms with van der Waals surface area (Å²) in [5.41, 5.74) is 5.77. The number of likely N-dealkylation sites (N-methyl/N-ethyl adjacent to an activating group) is 1. The molecule has 21 heteroatoms. The number of nitrogens with zero attached hydrogens (tertiary/aromatic N) is 8. The van der Waals surface area contributed by atoms with E-state index in [9.17, 15) is 37.1 Å². The monoisotopic (exact) mass is 956 g/mol. The molecule has 0 saturated carbocycles. The highest BCUT2D eigenvalue weighted by Crippen LogP contribution is 2.43. The number of alkyl halides is 3. The Bertz CT molecular complexity index is 2380. The van der Waals surface area contributed by atoms with Crippen LogP contribution in [0.2, 0.25) is 0 Å². The molecule has 0 aliphatic carbocycles. The number of amides is 4. The predicted octanol–water partition coefficient (Wildman–Crippen LogP) is 4.34. The Morgan fingerprint density at radius 2 is 1.90 bits per heavy atom. The van der Waals surface area contributed by atoms with Crippen molar-refractivity contribution in [3.05, 3.63) is 51.8 Å². The molecule has 17 nitrogen and oxygen atoms in total. The van der Waals surface area contributed by atoms with Crippen LogP contribution in [0.5, 0.6) is 0 Å². The first-order chi connectivity index (χ1) is 31.6. The zero-order chi connectivity index (χ0) is 48.7. The summed E-state index contributed by atoms with van der Waals surface area (Å²) in [5.74, 6) is -2.52. The van der Waals surface area contributed by atoms with Gasteiger partial charge in [-0.25, -0.2) is 10.4 Å². The molecule has 4 aliphatic heterocycles. The molecule has 67 heavy (non-hydrogen) atoms. The number of aryl methyl sites for hydroxylation is 1. The van der Waals surface area contributed by atoms with E-state index in [1.54, 1.807) is 29.9 Å². The lowest BCUT2D eigenvalue weighted by Gasteiger charge is -2.37. The van der Waals surface area contributed by atoms with E-state index in [0.717, 1.165) is 5.56 Å². The first-order valence-electron chi connectivity index (χ1n) is 22.9. The van der Waals surface area contributed by atoms with E-state index in [2.05, 4.69) is 22.4 Å². The third-order valence-electron chi connectivity index (χ3n) is 13.4. The first-order valence-corrected chi connectivity index (χ1v) is 23.8. The summed E-state index contributed by atoms with van der Waals surface area (Å²) in [6.45, 7) is 12.9. The van der Waals surface area contributed by atoms with Gasteiger partial charge in [0.15, 0.2) is 0 Å².